The molecule has 2 N–H and O–H groups in total. The van der Waals surface area contributed by atoms with Crippen molar-refractivity contribution in [3.05, 3.63) is 35.4 Å². The van der Waals surface area contributed by atoms with Crippen molar-refractivity contribution in [2.24, 2.45) is 0 Å². The fraction of sp³-hybridized carbons (Fsp3) is 0.333. The quantitative estimate of drug-likeness (QED) is 0.738. The Bertz CT molecular complexity index is 623. The molecule has 1 aliphatic heterocycles. The third kappa shape index (κ3) is 3.65. The number of hydrogen-bond acceptors (Lipinski definition) is 4. The van der Waals surface area contributed by atoms with E-state index in [-0.39, 0.29) is 37.9 Å². The van der Waals surface area contributed by atoms with E-state index in [1.807, 2.05) is 0 Å². The lowest BCUT2D eigenvalue weighted by Crippen LogP contribution is -2.43. The predicted octanol–water partition coefficient (Wildman–Crippen LogP) is 0.399. The maximum absolute atomic E-state index is 12.2. The van der Waals surface area contributed by atoms with Gasteiger partial charge in [-0.15, -0.1) is 0 Å². The first-order chi connectivity index (χ1) is 10.9. The molecule has 0 aromatic heterocycles. The fourth-order valence-corrected chi connectivity index (χ4v) is 2.21. The standard InChI is InChI=1S/C15H17N3O5/c1-17(15(23)16-7-6-12(19)20)8-9-18-13(21)10-4-2-3-5-11(10)14(18)22/h2-5H,6-9H2,1H3,(H,16,23)(H,19,20). The smallest absolute Gasteiger partial charge is 0.317 e. The molecule has 1 aromatic carbocycles. The SMILES string of the molecule is CN(CCN1C(=O)c2ccccc2C1=O)C(=O)NCCC(=O)O. The number of carboxylic acid groups (broad SMARTS) is 1. The van der Waals surface area contributed by atoms with E-state index in [1.54, 1.807) is 24.3 Å². The largest absolute Gasteiger partial charge is 0.481 e. The highest BCUT2D eigenvalue weighted by atomic mass is 16.4. The Kier molecular flexibility index (Phi) is 4.95. The third-order valence-electron chi connectivity index (χ3n) is 3.50. The molecule has 0 aliphatic carbocycles. The Morgan fingerprint density at radius 3 is 2.26 bits per heavy atom. The average Bonchev–Trinajstić information content (AvgIpc) is 2.76. The van der Waals surface area contributed by atoms with Crippen LogP contribution in [0.3, 0.4) is 0 Å². The molecule has 4 amide bonds. The van der Waals surface area contributed by atoms with Gasteiger partial charge in [0, 0.05) is 26.7 Å². The zero-order chi connectivity index (χ0) is 17.0. The molecular formula is C15H17N3O5. The van der Waals surface area contributed by atoms with Crippen molar-refractivity contribution in [1.82, 2.24) is 15.1 Å². The molecule has 0 unspecified atom stereocenters. The Hall–Kier alpha value is -2.90. The second kappa shape index (κ2) is 6.91. The van der Waals surface area contributed by atoms with Gasteiger partial charge in [0.2, 0.25) is 0 Å². The molecule has 0 bridgehead atoms. The molecule has 0 atom stereocenters. The molecule has 23 heavy (non-hydrogen) atoms. The van der Waals surface area contributed by atoms with Gasteiger partial charge in [-0.1, -0.05) is 12.1 Å². The van der Waals surface area contributed by atoms with E-state index in [4.69, 9.17) is 5.11 Å². The van der Waals surface area contributed by atoms with Crippen molar-refractivity contribution in [2.45, 2.75) is 6.42 Å². The molecule has 0 saturated heterocycles. The van der Waals surface area contributed by atoms with Crippen molar-refractivity contribution >= 4 is 23.8 Å². The van der Waals surface area contributed by atoms with E-state index in [0.717, 1.165) is 4.90 Å². The third-order valence-corrected chi connectivity index (χ3v) is 3.50. The summed E-state index contributed by atoms with van der Waals surface area (Å²) in [7, 11) is 1.51. The van der Waals surface area contributed by atoms with E-state index >= 15 is 0 Å². The predicted molar refractivity (Wildman–Crippen MR) is 80.1 cm³/mol. The van der Waals surface area contributed by atoms with Crippen LogP contribution in [-0.2, 0) is 4.79 Å². The maximum Gasteiger partial charge on any atom is 0.317 e. The molecule has 1 aliphatic rings. The first-order valence-corrected chi connectivity index (χ1v) is 7.08. The number of imide groups is 1. The second-order valence-corrected chi connectivity index (χ2v) is 5.10. The Balaban J connectivity index is 1.87. The highest BCUT2D eigenvalue weighted by molar-refractivity contribution is 6.21. The number of carbonyl (C=O) groups is 4. The van der Waals surface area contributed by atoms with E-state index in [2.05, 4.69) is 5.32 Å². The van der Waals surface area contributed by atoms with E-state index in [0.29, 0.717) is 11.1 Å². The minimum Gasteiger partial charge on any atom is -0.481 e. The molecule has 0 spiro atoms. The summed E-state index contributed by atoms with van der Waals surface area (Å²) in [5.41, 5.74) is 0.733. The van der Waals surface area contributed by atoms with Crippen LogP contribution in [0.5, 0.6) is 0 Å². The van der Waals surface area contributed by atoms with Gasteiger partial charge < -0.3 is 15.3 Å². The first kappa shape index (κ1) is 16.5. The minimum absolute atomic E-state index is 0.0194. The number of benzene rings is 1. The summed E-state index contributed by atoms with van der Waals surface area (Å²) in [6, 6.07) is 6.11. The van der Waals surface area contributed by atoms with Crippen LogP contribution < -0.4 is 5.32 Å². The lowest BCUT2D eigenvalue weighted by molar-refractivity contribution is -0.136. The number of nitrogens with zero attached hydrogens (tertiary/aromatic N) is 2. The van der Waals surface area contributed by atoms with Crippen molar-refractivity contribution in [3.8, 4) is 0 Å². The minimum atomic E-state index is -1.00. The van der Waals surface area contributed by atoms with Gasteiger partial charge in [-0.05, 0) is 12.1 Å². The summed E-state index contributed by atoms with van der Waals surface area (Å²) >= 11 is 0. The average molecular weight is 319 g/mol. The summed E-state index contributed by atoms with van der Waals surface area (Å²) in [6.45, 7) is 0.255. The van der Waals surface area contributed by atoms with Gasteiger partial charge in [0.1, 0.15) is 0 Å². The summed E-state index contributed by atoms with van der Waals surface area (Å²) in [6.07, 6.45) is -0.169. The lowest BCUT2D eigenvalue weighted by atomic mass is 10.1. The zero-order valence-corrected chi connectivity index (χ0v) is 12.6. The van der Waals surface area contributed by atoms with Gasteiger partial charge in [-0.3, -0.25) is 19.3 Å². The Labute approximate surface area is 132 Å². The number of nitrogens with one attached hydrogen (secondary N) is 1. The van der Waals surface area contributed by atoms with Crippen LogP contribution in [0.15, 0.2) is 24.3 Å². The number of aliphatic carboxylic acids is 1. The zero-order valence-electron chi connectivity index (χ0n) is 12.6. The topological polar surface area (TPSA) is 107 Å². The van der Waals surface area contributed by atoms with Crippen LogP contribution in [-0.4, -0.2) is 65.4 Å². The van der Waals surface area contributed by atoms with Crippen LogP contribution in [0.2, 0.25) is 0 Å². The van der Waals surface area contributed by atoms with Crippen molar-refractivity contribution in [1.29, 1.82) is 0 Å². The molecule has 122 valence electrons. The second-order valence-electron chi connectivity index (χ2n) is 5.10. The number of carbonyl (C=O) groups excluding carboxylic acids is 3. The number of carboxylic acids is 1. The van der Waals surface area contributed by atoms with Gasteiger partial charge in [-0.2, -0.15) is 0 Å². The summed E-state index contributed by atoms with van der Waals surface area (Å²) in [5.74, 6) is -1.74. The van der Waals surface area contributed by atoms with Crippen LogP contribution in [0.4, 0.5) is 4.79 Å². The number of rotatable bonds is 6. The maximum atomic E-state index is 12.2. The molecule has 8 nitrogen and oxygen atoms in total. The van der Waals surface area contributed by atoms with Crippen molar-refractivity contribution < 1.29 is 24.3 Å². The van der Waals surface area contributed by atoms with Gasteiger partial charge in [-0.25, -0.2) is 4.79 Å². The Morgan fingerprint density at radius 1 is 1.17 bits per heavy atom. The first-order valence-electron chi connectivity index (χ1n) is 7.08. The molecule has 1 aromatic rings. The fourth-order valence-electron chi connectivity index (χ4n) is 2.21. The van der Waals surface area contributed by atoms with Gasteiger partial charge >= 0.3 is 12.0 Å². The van der Waals surface area contributed by atoms with Crippen LogP contribution >= 0.6 is 0 Å². The molecule has 2 rings (SSSR count). The Morgan fingerprint density at radius 2 is 1.74 bits per heavy atom. The lowest BCUT2D eigenvalue weighted by Gasteiger charge is -2.21. The van der Waals surface area contributed by atoms with E-state index < -0.39 is 12.0 Å². The molecule has 0 radical (unpaired) electrons. The van der Waals surface area contributed by atoms with E-state index in [9.17, 15) is 19.2 Å². The van der Waals surface area contributed by atoms with Crippen LogP contribution in [0.1, 0.15) is 27.1 Å². The molecule has 0 fully saturated rings. The van der Waals surface area contributed by atoms with Crippen molar-refractivity contribution in [3.63, 3.8) is 0 Å². The van der Waals surface area contributed by atoms with Crippen LogP contribution in [0, 0.1) is 0 Å². The molecule has 1 heterocycles. The molecule has 0 saturated carbocycles. The summed E-state index contributed by atoms with van der Waals surface area (Å²) < 4.78 is 0. The number of likely N-dealkylation sites (N-methyl/N-ethyl adjacent to an activating group) is 1. The molecular weight excluding hydrogens is 302 g/mol. The van der Waals surface area contributed by atoms with Crippen LogP contribution in [0.25, 0.3) is 0 Å². The molecule has 8 heteroatoms. The summed E-state index contributed by atoms with van der Waals surface area (Å²) in [4.78, 5) is 48.8. The highest BCUT2D eigenvalue weighted by Crippen LogP contribution is 2.21. The van der Waals surface area contributed by atoms with Gasteiger partial charge in [0.25, 0.3) is 11.8 Å². The monoisotopic (exact) mass is 319 g/mol. The number of fused-ring (bicyclic) bond motifs is 1. The number of hydrogen-bond donors (Lipinski definition) is 2. The van der Waals surface area contributed by atoms with Gasteiger partial charge in [0.15, 0.2) is 0 Å². The number of urea groups is 1. The van der Waals surface area contributed by atoms with E-state index in [1.165, 1.54) is 11.9 Å². The van der Waals surface area contributed by atoms with Gasteiger partial charge in [0.05, 0.1) is 17.5 Å². The van der Waals surface area contributed by atoms with Crippen molar-refractivity contribution in [2.75, 3.05) is 26.7 Å². The summed E-state index contributed by atoms with van der Waals surface area (Å²) in [5, 5.41) is 11.0. The highest BCUT2D eigenvalue weighted by Gasteiger charge is 2.34. The number of amides is 4. The normalized spacial score (nSPS) is 13.0.